The number of ether oxygens (including phenoxy) is 4. The standard InChI is InChI=1S/C38H62N4O16/c1-3-4-5-6-7-8-9-10-11-12-13-14-15-24(46)40-27-31(51)28(48)22(55-37(27)58-36-26(39-20(2)44)30(50)29(49)23(19-43)56-36)18-21(45)34-32(52)33(53)35(57-34)42-17-16-25(47)41-38(42)54/h14-17,21-23,26-37,43,45,48-53H,3-13,18-19H2,1-2H3,(H,39,44)(H,40,46)(H,41,47,54)/b15-14+/t21?,22-,23-,26-,27-,28+,29-,30-,31-,32+,33-,34-,35-,36-,37+/m1/s1. The molecule has 0 bridgehead atoms. The summed E-state index contributed by atoms with van der Waals surface area (Å²) in [6.45, 7) is 2.54. The van der Waals surface area contributed by atoms with Gasteiger partial charge in [0.05, 0.1) is 18.8 Å². The first-order chi connectivity index (χ1) is 27.7. The van der Waals surface area contributed by atoms with Gasteiger partial charge in [-0.3, -0.25) is 23.9 Å². The molecule has 2 amide bonds. The van der Waals surface area contributed by atoms with Gasteiger partial charge >= 0.3 is 5.69 Å². The number of aliphatic hydroxyl groups is 8. The van der Waals surface area contributed by atoms with Crippen LogP contribution in [0.4, 0.5) is 0 Å². The van der Waals surface area contributed by atoms with Gasteiger partial charge in [-0.1, -0.05) is 70.8 Å². The van der Waals surface area contributed by atoms with Crippen molar-refractivity contribution in [2.45, 2.75) is 183 Å². The van der Waals surface area contributed by atoms with E-state index in [0.717, 1.165) is 49.4 Å². The van der Waals surface area contributed by atoms with Crippen molar-refractivity contribution >= 4 is 11.8 Å². The van der Waals surface area contributed by atoms with Crippen molar-refractivity contribution in [3.8, 4) is 0 Å². The van der Waals surface area contributed by atoms with Crippen LogP contribution in [0.25, 0.3) is 0 Å². The number of hydrogen-bond donors (Lipinski definition) is 11. The van der Waals surface area contributed by atoms with Crippen molar-refractivity contribution in [1.82, 2.24) is 20.2 Å². The minimum absolute atomic E-state index is 0.597. The lowest BCUT2D eigenvalue weighted by Crippen LogP contribution is -2.68. The summed E-state index contributed by atoms with van der Waals surface area (Å²) in [5.74, 6) is -1.35. The van der Waals surface area contributed by atoms with E-state index in [1.165, 1.54) is 44.6 Å². The summed E-state index contributed by atoms with van der Waals surface area (Å²) in [6.07, 6.45) is -6.36. The highest BCUT2D eigenvalue weighted by Crippen LogP contribution is 2.34. The molecule has 0 aliphatic carbocycles. The molecule has 330 valence electrons. The van der Waals surface area contributed by atoms with Crippen molar-refractivity contribution in [2.75, 3.05) is 6.61 Å². The first-order valence-corrected chi connectivity index (χ1v) is 20.2. The van der Waals surface area contributed by atoms with Gasteiger partial charge in [0.15, 0.2) is 18.8 Å². The Morgan fingerprint density at radius 1 is 0.810 bits per heavy atom. The van der Waals surface area contributed by atoms with E-state index in [-0.39, 0.29) is 0 Å². The zero-order valence-electron chi connectivity index (χ0n) is 33.0. The SMILES string of the molecule is CCCCCCCCCCCC/C=C/C(=O)N[C@H]1[C@H](O[C@H]2O[C@H](CO)[C@@H](O)[C@H](O)[C@H]2NC(C)=O)O[C@H](CC(O)[C@H]2O[C@@H](n3ccc(=O)[nH]c3=O)[C@H](O)[C@@H]2O)[C@H](O)[C@@H]1O. The Kier molecular flexibility index (Phi) is 18.9. The highest BCUT2D eigenvalue weighted by Gasteiger charge is 2.53. The average molecular weight is 831 g/mol. The molecule has 15 atom stereocenters. The number of aromatic nitrogens is 2. The van der Waals surface area contributed by atoms with Crippen LogP contribution in [0.2, 0.25) is 0 Å². The molecule has 1 unspecified atom stereocenters. The Balaban J connectivity index is 1.46. The first kappa shape index (κ1) is 47.6. The zero-order valence-corrected chi connectivity index (χ0v) is 33.0. The number of allylic oxidation sites excluding steroid dienone is 1. The van der Waals surface area contributed by atoms with E-state index in [0.29, 0.717) is 6.42 Å². The Labute approximate surface area is 335 Å². The maximum atomic E-state index is 13.1. The fourth-order valence-electron chi connectivity index (χ4n) is 7.50. The van der Waals surface area contributed by atoms with Gasteiger partial charge in [0.2, 0.25) is 11.8 Å². The number of hydrogen-bond acceptors (Lipinski definition) is 16. The summed E-state index contributed by atoms with van der Waals surface area (Å²) < 4.78 is 24.1. The molecular formula is C38H62N4O16. The van der Waals surface area contributed by atoms with E-state index in [1.807, 2.05) is 4.98 Å². The Hall–Kier alpha value is -3.12. The molecule has 0 radical (unpaired) electrons. The van der Waals surface area contributed by atoms with E-state index < -0.39 is 128 Å². The fraction of sp³-hybridized carbons (Fsp3) is 0.789. The second-order valence-electron chi connectivity index (χ2n) is 15.3. The largest absolute Gasteiger partial charge is 0.394 e. The molecule has 0 spiro atoms. The summed E-state index contributed by atoms with van der Waals surface area (Å²) in [7, 11) is 0. The van der Waals surface area contributed by atoms with Crippen LogP contribution in [-0.2, 0) is 28.5 Å². The fourth-order valence-corrected chi connectivity index (χ4v) is 7.50. The molecule has 3 aliphatic rings. The van der Waals surface area contributed by atoms with Crippen LogP contribution in [0.15, 0.2) is 34.0 Å². The van der Waals surface area contributed by atoms with Crippen molar-refractivity contribution in [3.63, 3.8) is 0 Å². The van der Waals surface area contributed by atoms with E-state index in [9.17, 15) is 60.0 Å². The van der Waals surface area contributed by atoms with E-state index in [4.69, 9.17) is 18.9 Å². The molecule has 20 nitrogen and oxygen atoms in total. The summed E-state index contributed by atoms with van der Waals surface area (Å²) in [5, 5.41) is 91.4. The normalized spacial score (nSPS) is 34.6. The second kappa shape index (κ2) is 23.0. The van der Waals surface area contributed by atoms with Crippen molar-refractivity contribution in [1.29, 1.82) is 0 Å². The number of aromatic amines is 1. The lowest BCUT2D eigenvalue weighted by molar-refractivity contribution is -0.346. The maximum absolute atomic E-state index is 13.1. The molecular weight excluding hydrogens is 768 g/mol. The van der Waals surface area contributed by atoms with Crippen LogP contribution >= 0.6 is 0 Å². The molecule has 3 aliphatic heterocycles. The third-order valence-corrected chi connectivity index (χ3v) is 10.8. The average Bonchev–Trinajstić information content (AvgIpc) is 3.48. The van der Waals surface area contributed by atoms with E-state index >= 15 is 0 Å². The Morgan fingerprint density at radius 3 is 1.97 bits per heavy atom. The minimum atomic E-state index is -1.85. The molecule has 1 aromatic heterocycles. The van der Waals surface area contributed by atoms with Gasteiger partial charge in [0.25, 0.3) is 5.56 Å². The number of aliphatic hydroxyl groups excluding tert-OH is 8. The van der Waals surface area contributed by atoms with E-state index in [2.05, 4.69) is 17.6 Å². The maximum Gasteiger partial charge on any atom is 0.330 e. The van der Waals surface area contributed by atoms with E-state index in [1.54, 1.807) is 6.08 Å². The highest BCUT2D eigenvalue weighted by molar-refractivity contribution is 5.87. The Bertz CT molecular complexity index is 1580. The van der Waals surface area contributed by atoms with Crippen LogP contribution in [0.1, 0.15) is 97.1 Å². The molecule has 20 heteroatoms. The number of carbonyl (C=O) groups is 2. The van der Waals surface area contributed by atoms with Crippen LogP contribution in [0.5, 0.6) is 0 Å². The van der Waals surface area contributed by atoms with Crippen LogP contribution in [-0.4, -0.2) is 155 Å². The third-order valence-electron chi connectivity index (χ3n) is 10.8. The second-order valence-corrected chi connectivity index (χ2v) is 15.3. The number of nitrogens with one attached hydrogen (secondary N) is 3. The van der Waals surface area contributed by atoms with Crippen molar-refractivity contribution in [2.24, 2.45) is 0 Å². The number of rotatable bonds is 21. The minimum Gasteiger partial charge on any atom is -0.394 e. The van der Waals surface area contributed by atoms with Gasteiger partial charge < -0.3 is 70.4 Å². The number of H-pyrrole nitrogens is 1. The monoisotopic (exact) mass is 830 g/mol. The zero-order chi connectivity index (χ0) is 42.5. The quantitative estimate of drug-likeness (QED) is 0.0457. The molecule has 58 heavy (non-hydrogen) atoms. The van der Waals surface area contributed by atoms with Crippen LogP contribution in [0, 0.1) is 0 Å². The lowest BCUT2D eigenvalue weighted by Gasteiger charge is -2.47. The summed E-state index contributed by atoms with van der Waals surface area (Å²) >= 11 is 0. The third kappa shape index (κ3) is 12.7. The predicted molar refractivity (Wildman–Crippen MR) is 203 cm³/mol. The topological polar surface area (TPSA) is 312 Å². The highest BCUT2D eigenvalue weighted by atomic mass is 16.8. The predicted octanol–water partition coefficient (Wildman–Crippen LogP) is -2.33. The van der Waals surface area contributed by atoms with Gasteiger partial charge in [0, 0.05) is 25.6 Å². The molecule has 0 aromatic carbocycles. The molecule has 1 aromatic rings. The van der Waals surface area contributed by atoms with Gasteiger partial charge in [-0.25, -0.2) is 4.79 Å². The van der Waals surface area contributed by atoms with Crippen molar-refractivity contribution < 1.29 is 69.4 Å². The van der Waals surface area contributed by atoms with Gasteiger partial charge in [-0.05, 0) is 18.9 Å². The summed E-state index contributed by atoms with van der Waals surface area (Å²) in [6, 6.07) is -2.01. The number of nitrogens with zero attached hydrogens (tertiary/aromatic N) is 1. The number of amides is 2. The molecule has 4 heterocycles. The number of unbranched alkanes of at least 4 members (excludes halogenated alkanes) is 10. The van der Waals surface area contributed by atoms with Crippen LogP contribution in [0.3, 0.4) is 0 Å². The summed E-state index contributed by atoms with van der Waals surface area (Å²) in [4.78, 5) is 51.1. The smallest absolute Gasteiger partial charge is 0.330 e. The van der Waals surface area contributed by atoms with Gasteiger partial charge in [-0.15, -0.1) is 0 Å². The van der Waals surface area contributed by atoms with Crippen LogP contribution < -0.4 is 21.9 Å². The van der Waals surface area contributed by atoms with Gasteiger partial charge in [0.1, 0.15) is 60.9 Å². The summed E-state index contributed by atoms with van der Waals surface area (Å²) in [5.41, 5.74) is -1.68. The molecule has 3 saturated heterocycles. The molecule has 11 N–H and O–H groups in total. The van der Waals surface area contributed by atoms with Crippen molar-refractivity contribution in [3.05, 3.63) is 45.3 Å². The molecule has 0 saturated carbocycles. The first-order valence-electron chi connectivity index (χ1n) is 20.2. The van der Waals surface area contributed by atoms with Gasteiger partial charge in [-0.2, -0.15) is 0 Å². The lowest BCUT2D eigenvalue weighted by atomic mass is 9.91. The molecule has 3 fully saturated rings. The molecule has 4 rings (SSSR count). The number of carbonyl (C=O) groups excluding carboxylic acids is 2. The Morgan fingerprint density at radius 2 is 1.38 bits per heavy atom.